The molecule has 1 amide bonds. The van der Waals surface area contributed by atoms with E-state index in [1.807, 2.05) is 31.3 Å². The van der Waals surface area contributed by atoms with Gasteiger partial charge < -0.3 is 9.88 Å². The Kier molecular flexibility index (Phi) is 4.51. The lowest BCUT2D eigenvalue weighted by molar-refractivity contribution is -0.121. The van der Waals surface area contributed by atoms with Crippen LogP contribution < -0.4 is 5.32 Å². The Morgan fingerprint density at radius 2 is 2.04 bits per heavy atom. The van der Waals surface area contributed by atoms with Gasteiger partial charge in [0.1, 0.15) is 17.7 Å². The van der Waals surface area contributed by atoms with Crippen LogP contribution in [0.2, 0.25) is 0 Å². The van der Waals surface area contributed by atoms with Gasteiger partial charge in [-0.25, -0.2) is 9.37 Å². The zero-order chi connectivity index (χ0) is 18.1. The summed E-state index contributed by atoms with van der Waals surface area (Å²) in [4.78, 5) is 18.4. The number of benzene rings is 2. The monoisotopic (exact) mass is 367 g/mol. The van der Waals surface area contributed by atoms with E-state index in [1.54, 1.807) is 46.9 Å². The first-order valence-electron chi connectivity index (χ1n) is 8.40. The van der Waals surface area contributed by atoms with Gasteiger partial charge in [0.05, 0.1) is 5.25 Å². The fourth-order valence-electron chi connectivity index (χ4n) is 3.21. The molecule has 1 aromatic heterocycles. The molecule has 6 heteroatoms. The van der Waals surface area contributed by atoms with Crippen molar-refractivity contribution in [2.45, 2.75) is 22.6 Å². The number of carbonyl (C=O) groups is 1. The highest BCUT2D eigenvalue weighted by molar-refractivity contribution is 8.01. The van der Waals surface area contributed by atoms with E-state index in [-0.39, 0.29) is 17.0 Å². The number of nitrogens with zero attached hydrogens (tertiary/aromatic N) is 2. The first kappa shape index (κ1) is 16.8. The van der Waals surface area contributed by atoms with Crippen LogP contribution in [0.4, 0.5) is 4.39 Å². The van der Waals surface area contributed by atoms with E-state index in [2.05, 4.69) is 10.3 Å². The molecule has 0 spiro atoms. The molecule has 1 N–H and O–H groups in total. The van der Waals surface area contributed by atoms with Gasteiger partial charge in [0.2, 0.25) is 5.91 Å². The Hall–Kier alpha value is -2.60. The molecule has 0 saturated carbocycles. The van der Waals surface area contributed by atoms with Gasteiger partial charge in [-0.05, 0) is 24.1 Å². The quantitative estimate of drug-likeness (QED) is 0.768. The third kappa shape index (κ3) is 3.12. The Bertz CT molecular complexity index is 930. The topological polar surface area (TPSA) is 46.9 Å². The number of hydrogen-bond donors (Lipinski definition) is 1. The summed E-state index contributed by atoms with van der Waals surface area (Å²) in [6.45, 7) is 0. The number of nitrogens with one attached hydrogen (secondary N) is 1. The zero-order valence-corrected chi connectivity index (χ0v) is 15.0. The first-order valence-corrected chi connectivity index (χ1v) is 9.28. The van der Waals surface area contributed by atoms with Crippen molar-refractivity contribution in [3.8, 4) is 0 Å². The van der Waals surface area contributed by atoms with Gasteiger partial charge in [0, 0.05) is 29.9 Å². The number of rotatable bonds is 4. The van der Waals surface area contributed by atoms with E-state index >= 15 is 0 Å². The van der Waals surface area contributed by atoms with Crippen LogP contribution in [0.15, 0.2) is 65.8 Å². The largest absolute Gasteiger partial charge is 0.341 e. The smallest absolute Gasteiger partial charge is 0.234 e. The summed E-state index contributed by atoms with van der Waals surface area (Å²) in [6, 6.07) is 13.9. The van der Waals surface area contributed by atoms with E-state index < -0.39 is 6.04 Å². The van der Waals surface area contributed by atoms with Crippen LogP contribution in [0.25, 0.3) is 0 Å². The molecule has 2 atom stereocenters. The van der Waals surface area contributed by atoms with Gasteiger partial charge in [-0.3, -0.25) is 4.79 Å². The zero-order valence-electron chi connectivity index (χ0n) is 14.2. The predicted molar refractivity (Wildman–Crippen MR) is 99.4 cm³/mol. The van der Waals surface area contributed by atoms with Crippen LogP contribution in [0.3, 0.4) is 0 Å². The van der Waals surface area contributed by atoms with Crippen molar-refractivity contribution in [3.05, 3.63) is 83.7 Å². The van der Waals surface area contributed by atoms with Gasteiger partial charge in [0.15, 0.2) is 0 Å². The lowest BCUT2D eigenvalue weighted by atomic mass is 10.0. The van der Waals surface area contributed by atoms with Crippen molar-refractivity contribution in [1.82, 2.24) is 14.9 Å². The number of amides is 1. The maximum atomic E-state index is 14.4. The van der Waals surface area contributed by atoms with E-state index in [4.69, 9.17) is 0 Å². The number of aryl methyl sites for hydroxylation is 1. The van der Waals surface area contributed by atoms with Gasteiger partial charge in [-0.1, -0.05) is 36.4 Å². The van der Waals surface area contributed by atoms with Crippen molar-refractivity contribution >= 4 is 17.7 Å². The minimum absolute atomic E-state index is 0.109. The second kappa shape index (κ2) is 6.96. The molecule has 2 heterocycles. The summed E-state index contributed by atoms with van der Waals surface area (Å²) < 4.78 is 16.2. The fraction of sp³-hybridized carbons (Fsp3) is 0.200. The molecule has 26 heavy (non-hydrogen) atoms. The van der Waals surface area contributed by atoms with Gasteiger partial charge >= 0.3 is 0 Å². The number of thioether (sulfide) groups is 1. The molecular formula is C20H18FN3OS. The minimum Gasteiger partial charge on any atom is -0.341 e. The summed E-state index contributed by atoms with van der Waals surface area (Å²) in [6.07, 6.45) is 4.11. The second-order valence-electron chi connectivity index (χ2n) is 6.28. The van der Waals surface area contributed by atoms with Crippen molar-refractivity contribution in [3.63, 3.8) is 0 Å². The van der Waals surface area contributed by atoms with Crippen LogP contribution in [-0.2, 0) is 18.3 Å². The number of hydrogen-bond acceptors (Lipinski definition) is 3. The van der Waals surface area contributed by atoms with Crippen LogP contribution in [-0.4, -0.2) is 20.7 Å². The minimum atomic E-state index is -0.631. The van der Waals surface area contributed by atoms with Gasteiger partial charge in [-0.15, -0.1) is 11.8 Å². The lowest BCUT2D eigenvalue weighted by Crippen LogP contribution is -2.37. The predicted octanol–water partition coefficient (Wildman–Crippen LogP) is 3.48. The van der Waals surface area contributed by atoms with E-state index in [0.717, 1.165) is 4.90 Å². The molecule has 0 fully saturated rings. The molecule has 0 radical (unpaired) electrons. The van der Waals surface area contributed by atoms with E-state index in [0.29, 0.717) is 17.8 Å². The van der Waals surface area contributed by atoms with Gasteiger partial charge in [0.25, 0.3) is 0 Å². The van der Waals surface area contributed by atoms with Gasteiger partial charge in [-0.2, -0.15) is 0 Å². The third-order valence-corrected chi connectivity index (χ3v) is 5.88. The first-order chi connectivity index (χ1) is 12.6. The van der Waals surface area contributed by atoms with Crippen LogP contribution >= 0.6 is 11.8 Å². The molecule has 1 aliphatic rings. The summed E-state index contributed by atoms with van der Waals surface area (Å²) in [5.74, 6) is 0.134. The normalized spacial score (nSPS) is 16.9. The summed E-state index contributed by atoms with van der Waals surface area (Å²) in [5, 5.41) is 2.79. The van der Waals surface area contributed by atoms with Crippen molar-refractivity contribution < 1.29 is 9.18 Å². The van der Waals surface area contributed by atoms with Crippen molar-refractivity contribution in [2.75, 3.05) is 0 Å². The average molecular weight is 367 g/mol. The molecule has 132 valence electrons. The summed E-state index contributed by atoms with van der Waals surface area (Å²) in [7, 11) is 1.84. The van der Waals surface area contributed by atoms with Crippen molar-refractivity contribution in [2.24, 2.45) is 7.05 Å². The molecule has 2 aromatic carbocycles. The Labute approximate surface area is 155 Å². The highest BCUT2D eigenvalue weighted by Crippen LogP contribution is 2.37. The summed E-state index contributed by atoms with van der Waals surface area (Å²) in [5.41, 5.74) is 1.59. The maximum absolute atomic E-state index is 14.4. The molecule has 0 aliphatic carbocycles. The standard InChI is InChI=1S/C20H18FN3OS/c1-24-11-10-22-19(24)18(14-7-3-4-8-15(14)21)23-20(25)17-12-13-6-2-5-9-16(13)26-17/h2-11,17-18H,12H2,1H3,(H,23,25)/t17-,18+/m0/s1. The highest BCUT2D eigenvalue weighted by atomic mass is 32.2. The number of imidazole rings is 1. The maximum Gasteiger partial charge on any atom is 0.234 e. The molecule has 3 aromatic rings. The molecule has 0 bridgehead atoms. The second-order valence-corrected chi connectivity index (χ2v) is 7.52. The molecule has 4 rings (SSSR count). The SMILES string of the molecule is Cn1ccnc1[C@H](NC(=O)[C@@H]1Cc2ccccc2S1)c1ccccc1F. The Balaban J connectivity index is 1.61. The highest BCUT2D eigenvalue weighted by Gasteiger charge is 2.31. The molecule has 0 unspecified atom stereocenters. The van der Waals surface area contributed by atoms with Crippen molar-refractivity contribution in [1.29, 1.82) is 0 Å². The van der Waals surface area contributed by atoms with E-state index in [1.165, 1.54) is 11.6 Å². The molecule has 1 aliphatic heterocycles. The Morgan fingerprint density at radius 3 is 2.77 bits per heavy atom. The number of fused-ring (bicyclic) bond motifs is 1. The molecule has 0 saturated heterocycles. The van der Waals surface area contributed by atoms with E-state index in [9.17, 15) is 9.18 Å². The fourth-order valence-corrected chi connectivity index (χ4v) is 4.41. The average Bonchev–Trinajstić information content (AvgIpc) is 3.26. The van der Waals surface area contributed by atoms with Crippen LogP contribution in [0.1, 0.15) is 23.0 Å². The molecular weight excluding hydrogens is 349 g/mol. The summed E-state index contributed by atoms with van der Waals surface area (Å²) >= 11 is 1.55. The number of carbonyl (C=O) groups excluding carboxylic acids is 1. The van der Waals surface area contributed by atoms with Crippen LogP contribution in [0, 0.1) is 5.82 Å². The third-order valence-electron chi connectivity index (χ3n) is 4.56. The molecule has 4 nitrogen and oxygen atoms in total. The Morgan fingerprint density at radius 1 is 1.27 bits per heavy atom. The number of aromatic nitrogens is 2. The van der Waals surface area contributed by atoms with Crippen LogP contribution in [0.5, 0.6) is 0 Å². The lowest BCUT2D eigenvalue weighted by Gasteiger charge is -2.21. The number of halogens is 1.